The molecule has 340 valence electrons. The van der Waals surface area contributed by atoms with Crippen molar-refractivity contribution in [2.24, 2.45) is 0 Å². The first kappa shape index (κ1) is 43.9. The molecular formula is C55H34F6N4O2S2. The Labute approximate surface area is 398 Å². The summed E-state index contributed by atoms with van der Waals surface area (Å²) in [4.78, 5) is 1.17. The number of hydrogen-bond donors (Lipinski definition) is 0. The Morgan fingerprint density at radius 2 is 0.609 bits per heavy atom. The molecule has 6 nitrogen and oxygen atoms in total. The van der Waals surface area contributed by atoms with E-state index in [0.717, 1.165) is 56.1 Å². The van der Waals surface area contributed by atoms with E-state index in [9.17, 15) is 0 Å². The van der Waals surface area contributed by atoms with Crippen molar-refractivity contribution in [3.05, 3.63) is 191 Å². The number of allylic oxidation sites excluding steroid dienone is 2. The number of aromatic nitrogens is 4. The maximum Gasteiger partial charge on any atom is 0.380 e. The van der Waals surface area contributed by atoms with Crippen LogP contribution in [0.4, 0.5) is 26.3 Å². The molecule has 69 heavy (non-hydrogen) atoms. The van der Waals surface area contributed by atoms with Crippen LogP contribution in [0.1, 0.15) is 20.9 Å². The first-order chi connectivity index (χ1) is 33.3. The predicted molar refractivity (Wildman–Crippen MR) is 259 cm³/mol. The molecule has 1 aliphatic rings. The van der Waals surface area contributed by atoms with Crippen LogP contribution in [-0.2, 0) is 0 Å². The topological polar surface area (TPSA) is 77.8 Å². The Bertz CT molecular complexity index is 3290. The second-order valence-corrected chi connectivity index (χ2v) is 19.0. The van der Waals surface area contributed by atoms with E-state index in [4.69, 9.17) is 8.83 Å². The van der Waals surface area contributed by atoms with Gasteiger partial charge in [-0.15, -0.1) is 43.1 Å². The van der Waals surface area contributed by atoms with Crippen LogP contribution in [0, 0.1) is 13.8 Å². The van der Waals surface area contributed by atoms with Crippen LogP contribution in [0.2, 0.25) is 0 Å². The van der Waals surface area contributed by atoms with Gasteiger partial charge in [0.25, 0.3) is 0 Å². The SMILES string of the molecule is Cc1sc(-c2ccc(-c3nnc(-c4ccc(-c5ccccc5)cc4)o3)cc2)cc1C1=C(c2cc(-c3ccc(-c4nnc(-c5ccc(-c6ccccc6)cc5)o4)cc3)sc2C)C(F)(F)C(F)(F)C1(F)F. The summed E-state index contributed by atoms with van der Waals surface area (Å²) in [5.41, 5.74) is 4.33. The number of halogens is 6. The molecule has 4 heterocycles. The van der Waals surface area contributed by atoms with Gasteiger partial charge in [0.2, 0.25) is 23.6 Å². The van der Waals surface area contributed by atoms with Gasteiger partial charge in [-0.2, -0.15) is 26.3 Å². The van der Waals surface area contributed by atoms with E-state index < -0.39 is 28.9 Å². The summed E-state index contributed by atoms with van der Waals surface area (Å²) >= 11 is 2.07. The van der Waals surface area contributed by atoms with Gasteiger partial charge >= 0.3 is 17.8 Å². The molecule has 1 aliphatic carbocycles. The van der Waals surface area contributed by atoms with Crippen LogP contribution in [0.3, 0.4) is 0 Å². The maximum absolute atomic E-state index is 16.1. The molecule has 14 heteroatoms. The second kappa shape index (κ2) is 16.8. The van der Waals surface area contributed by atoms with E-state index in [1.54, 1.807) is 48.5 Å². The second-order valence-electron chi connectivity index (χ2n) is 16.5. The molecule has 0 amide bonds. The molecule has 4 aromatic heterocycles. The minimum Gasteiger partial charge on any atom is -0.416 e. The number of alkyl halides is 6. The third-order valence-electron chi connectivity index (χ3n) is 12.2. The lowest BCUT2D eigenvalue weighted by Gasteiger charge is -2.25. The summed E-state index contributed by atoms with van der Waals surface area (Å²) < 4.78 is 107. The van der Waals surface area contributed by atoms with Gasteiger partial charge in [-0.05, 0) is 119 Å². The molecule has 0 fully saturated rings. The molecule has 6 aromatic carbocycles. The van der Waals surface area contributed by atoms with Gasteiger partial charge in [-0.1, -0.05) is 109 Å². The van der Waals surface area contributed by atoms with Gasteiger partial charge in [-0.3, -0.25) is 0 Å². The quantitative estimate of drug-likeness (QED) is 0.127. The fraction of sp³-hybridized carbons (Fsp3) is 0.0909. The Balaban J connectivity index is 0.859. The molecule has 0 spiro atoms. The summed E-state index contributed by atoms with van der Waals surface area (Å²) in [5.74, 6) is -15.0. The highest BCUT2D eigenvalue weighted by molar-refractivity contribution is 7.16. The summed E-state index contributed by atoms with van der Waals surface area (Å²) in [7, 11) is 0. The first-order valence-corrected chi connectivity index (χ1v) is 23.2. The number of thiophene rings is 2. The zero-order valence-corrected chi connectivity index (χ0v) is 38.0. The summed E-state index contributed by atoms with van der Waals surface area (Å²) in [5, 5.41) is 16.8. The molecule has 0 saturated heterocycles. The molecule has 10 aromatic rings. The fourth-order valence-electron chi connectivity index (χ4n) is 8.52. The average Bonchev–Trinajstić information content (AvgIpc) is 4.22. The standard InChI is InChI=1S/C55H34F6N4O2S2/c1-31-43(29-45(68-31)37-17-25-41(26-18-37)51-64-62-49(66-51)39-21-13-35(14-22-39)33-9-5-3-6-10-33)47-48(54(58,59)55(60,61)53(47,56)57)44-30-46(69-32(44)2)38-19-27-42(28-20-38)52-65-63-50(67-52)40-23-15-36(16-24-40)34-11-7-4-8-12-34/h3-30H,1-2H3. The van der Waals surface area contributed by atoms with Gasteiger partial charge < -0.3 is 8.83 Å². The van der Waals surface area contributed by atoms with Crippen molar-refractivity contribution >= 4 is 33.8 Å². The predicted octanol–water partition coefficient (Wildman–Crippen LogP) is 16.4. The normalized spacial score (nSPS) is 15.0. The highest BCUT2D eigenvalue weighted by Crippen LogP contribution is 2.66. The average molecular weight is 961 g/mol. The largest absolute Gasteiger partial charge is 0.416 e. The van der Waals surface area contributed by atoms with Crippen LogP contribution in [0.5, 0.6) is 0 Å². The van der Waals surface area contributed by atoms with E-state index in [1.165, 1.54) is 26.0 Å². The molecule has 0 N–H and O–H groups in total. The molecule has 0 bridgehead atoms. The maximum atomic E-state index is 16.1. The van der Waals surface area contributed by atoms with Crippen LogP contribution < -0.4 is 0 Å². The molecule has 0 unspecified atom stereocenters. The van der Waals surface area contributed by atoms with Crippen molar-refractivity contribution in [3.8, 4) is 89.0 Å². The monoisotopic (exact) mass is 960 g/mol. The summed E-state index contributed by atoms with van der Waals surface area (Å²) in [6, 6.07) is 51.4. The highest BCUT2D eigenvalue weighted by atomic mass is 32.1. The van der Waals surface area contributed by atoms with Gasteiger partial charge in [0.1, 0.15) is 0 Å². The van der Waals surface area contributed by atoms with Crippen LogP contribution in [-0.4, -0.2) is 38.2 Å². The van der Waals surface area contributed by atoms with Gasteiger partial charge in [0.15, 0.2) is 0 Å². The highest BCUT2D eigenvalue weighted by Gasteiger charge is 2.80. The Morgan fingerprint density at radius 1 is 0.348 bits per heavy atom. The number of hydrogen-bond acceptors (Lipinski definition) is 8. The van der Waals surface area contributed by atoms with Crippen LogP contribution in [0.25, 0.3) is 100 Å². The number of benzene rings is 6. The molecule has 11 rings (SSSR count). The lowest BCUT2D eigenvalue weighted by atomic mass is 9.94. The number of nitrogens with zero attached hydrogens (tertiary/aromatic N) is 4. The van der Waals surface area contributed by atoms with E-state index in [0.29, 0.717) is 43.8 Å². The van der Waals surface area contributed by atoms with Crippen LogP contribution in [0.15, 0.2) is 179 Å². The smallest absolute Gasteiger partial charge is 0.380 e. The zero-order valence-electron chi connectivity index (χ0n) is 36.4. The van der Waals surface area contributed by atoms with Crippen LogP contribution >= 0.6 is 22.7 Å². The van der Waals surface area contributed by atoms with Crippen molar-refractivity contribution in [1.29, 1.82) is 0 Å². The third-order valence-corrected chi connectivity index (χ3v) is 14.4. The number of aryl methyl sites for hydroxylation is 2. The minimum atomic E-state index is -5.71. The minimum absolute atomic E-state index is 0.173. The Hall–Kier alpha value is -7.68. The summed E-state index contributed by atoms with van der Waals surface area (Å²) in [6.07, 6.45) is 0. The van der Waals surface area contributed by atoms with E-state index >= 15 is 26.3 Å². The van der Waals surface area contributed by atoms with Gasteiger partial charge in [0.05, 0.1) is 0 Å². The third kappa shape index (κ3) is 7.60. The fourth-order valence-corrected chi connectivity index (χ4v) is 10.6. The van der Waals surface area contributed by atoms with E-state index in [2.05, 4.69) is 20.4 Å². The van der Waals surface area contributed by atoms with E-state index in [1.807, 2.05) is 109 Å². The molecule has 0 atom stereocenters. The zero-order chi connectivity index (χ0) is 47.7. The molecule has 0 radical (unpaired) electrons. The van der Waals surface area contributed by atoms with Crippen molar-refractivity contribution in [3.63, 3.8) is 0 Å². The molecule has 0 saturated carbocycles. The van der Waals surface area contributed by atoms with Crippen molar-refractivity contribution in [2.75, 3.05) is 0 Å². The van der Waals surface area contributed by atoms with Gasteiger partial charge in [0, 0.05) is 52.9 Å². The molecular weight excluding hydrogens is 927 g/mol. The van der Waals surface area contributed by atoms with Crippen molar-refractivity contribution < 1.29 is 35.2 Å². The van der Waals surface area contributed by atoms with Crippen molar-refractivity contribution in [1.82, 2.24) is 20.4 Å². The summed E-state index contributed by atoms with van der Waals surface area (Å²) in [6.45, 7) is 2.92. The first-order valence-electron chi connectivity index (χ1n) is 21.6. The Kier molecular flexibility index (Phi) is 10.7. The lowest BCUT2D eigenvalue weighted by molar-refractivity contribution is -0.254. The number of rotatable bonds is 10. The molecule has 0 aliphatic heterocycles. The van der Waals surface area contributed by atoms with Crippen molar-refractivity contribution in [2.45, 2.75) is 31.6 Å². The lowest BCUT2D eigenvalue weighted by Crippen LogP contribution is -2.48. The van der Waals surface area contributed by atoms with Gasteiger partial charge in [-0.25, -0.2) is 0 Å². The Morgan fingerprint density at radius 3 is 0.913 bits per heavy atom. The van der Waals surface area contributed by atoms with E-state index in [-0.39, 0.29) is 32.7 Å².